The second kappa shape index (κ2) is 10.2. The number of aromatic nitrogens is 3. The van der Waals surface area contributed by atoms with Gasteiger partial charge in [0, 0.05) is 6.04 Å². The number of halogens is 1. The van der Waals surface area contributed by atoms with E-state index in [2.05, 4.69) is 15.5 Å². The molecule has 8 nitrogen and oxygen atoms in total. The van der Waals surface area contributed by atoms with E-state index in [1.54, 1.807) is 12.1 Å². The Bertz CT molecular complexity index is 901. The van der Waals surface area contributed by atoms with E-state index in [0.717, 1.165) is 12.8 Å². The second-order valence-corrected chi connectivity index (χ2v) is 8.95. The SMILES string of the molecule is CC(C)C[C@@H](NC(=O)CSc1nnc(COc2ccccc2Cl)n1C1CC1)C(=O)O. The number of carboxylic acids is 1. The Morgan fingerprint density at radius 3 is 2.70 bits per heavy atom. The zero-order valence-corrected chi connectivity index (χ0v) is 18.4. The summed E-state index contributed by atoms with van der Waals surface area (Å²) in [5, 5.41) is 21.5. The number of benzene rings is 1. The van der Waals surface area contributed by atoms with Crippen LogP contribution >= 0.6 is 23.4 Å². The molecule has 3 rings (SSSR count). The molecule has 1 fully saturated rings. The van der Waals surface area contributed by atoms with Crippen molar-refractivity contribution < 1.29 is 19.4 Å². The van der Waals surface area contributed by atoms with Gasteiger partial charge in [0.15, 0.2) is 11.0 Å². The first-order valence-electron chi connectivity index (χ1n) is 9.81. The zero-order valence-electron chi connectivity index (χ0n) is 16.9. The van der Waals surface area contributed by atoms with Gasteiger partial charge in [-0.3, -0.25) is 9.36 Å². The summed E-state index contributed by atoms with van der Waals surface area (Å²) in [6.07, 6.45) is 2.42. The molecule has 162 valence electrons. The highest BCUT2D eigenvalue weighted by atomic mass is 35.5. The van der Waals surface area contributed by atoms with Crippen LogP contribution in [0.25, 0.3) is 0 Å². The summed E-state index contributed by atoms with van der Waals surface area (Å²) in [4.78, 5) is 23.6. The number of nitrogens with zero attached hydrogens (tertiary/aromatic N) is 3. The molecule has 30 heavy (non-hydrogen) atoms. The Labute approximate surface area is 184 Å². The van der Waals surface area contributed by atoms with Crippen LogP contribution in [0, 0.1) is 5.92 Å². The molecule has 0 aliphatic heterocycles. The third-order valence-corrected chi connectivity index (χ3v) is 5.77. The number of carboxylic acid groups (broad SMARTS) is 1. The van der Waals surface area contributed by atoms with Gasteiger partial charge in [-0.1, -0.05) is 49.3 Å². The van der Waals surface area contributed by atoms with Crippen LogP contribution in [0.3, 0.4) is 0 Å². The third-order valence-electron chi connectivity index (χ3n) is 4.51. The van der Waals surface area contributed by atoms with Crippen molar-refractivity contribution >= 4 is 35.2 Å². The van der Waals surface area contributed by atoms with Crippen molar-refractivity contribution in [1.82, 2.24) is 20.1 Å². The monoisotopic (exact) mass is 452 g/mol. The number of ether oxygens (including phenoxy) is 1. The lowest BCUT2D eigenvalue weighted by molar-refractivity contribution is -0.141. The summed E-state index contributed by atoms with van der Waals surface area (Å²) in [7, 11) is 0. The molecule has 1 heterocycles. The average molecular weight is 453 g/mol. The molecule has 1 atom stereocenters. The van der Waals surface area contributed by atoms with Crippen molar-refractivity contribution in [2.24, 2.45) is 5.92 Å². The van der Waals surface area contributed by atoms with Crippen molar-refractivity contribution in [3.63, 3.8) is 0 Å². The second-order valence-electron chi connectivity index (χ2n) is 7.60. The van der Waals surface area contributed by atoms with E-state index in [-0.39, 0.29) is 24.2 Å². The predicted molar refractivity (Wildman–Crippen MR) is 114 cm³/mol. The first-order chi connectivity index (χ1) is 14.3. The Kier molecular flexibility index (Phi) is 7.60. The molecule has 1 aromatic carbocycles. The quantitative estimate of drug-likeness (QED) is 0.502. The van der Waals surface area contributed by atoms with Crippen LogP contribution in [-0.2, 0) is 16.2 Å². The maximum atomic E-state index is 12.3. The topological polar surface area (TPSA) is 106 Å². The van der Waals surface area contributed by atoms with Crippen molar-refractivity contribution in [1.29, 1.82) is 0 Å². The van der Waals surface area contributed by atoms with E-state index in [1.807, 2.05) is 30.5 Å². The molecule has 0 bridgehead atoms. The highest BCUT2D eigenvalue weighted by Crippen LogP contribution is 2.39. The van der Waals surface area contributed by atoms with E-state index in [0.29, 0.717) is 34.2 Å². The molecule has 2 N–H and O–H groups in total. The van der Waals surface area contributed by atoms with Gasteiger partial charge in [0.25, 0.3) is 0 Å². The summed E-state index contributed by atoms with van der Waals surface area (Å²) >= 11 is 7.38. The average Bonchev–Trinajstić information content (AvgIpc) is 3.45. The van der Waals surface area contributed by atoms with Crippen LogP contribution in [0.1, 0.15) is 45.0 Å². The molecule has 2 aromatic rings. The summed E-state index contributed by atoms with van der Waals surface area (Å²) in [5.74, 6) is 0.108. The highest BCUT2D eigenvalue weighted by Gasteiger charge is 2.30. The number of rotatable bonds is 11. The molecule has 1 amide bonds. The molecule has 1 aliphatic rings. The number of carbonyl (C=O) groups excluding carboxylic acids is 1. The number of thioether (sulfide) groups is 1. The molecule has 0 saturated heterocycles. The molecule has 1 aromatic heterocycles. The fraction of sp³-hybridized carbons (Fsp3) is 0.500. The Hall–Kier alpha value is -2.26. The minimum absolute atomic E-state index is 0.0676. The molecular weight excluding hydrogens is 428 g/mol. The molecule has 0 spiro atoms. The van der Waals surface area contributed by atoms with Gasteiger partial charge in [-0.15, -0.1) is 10.2 Å². The normalized spacial score (nSPS) is 14.5. The Morgan fingerprint density at radius 2 is 2.07 bits per heavy atom. The number of nitrogens with one attached hydrogen (secondary N) is 1. The molecule has 1 aliphatic carbocycles. The van der Waals surface area contributed by atoms with Crippen LogP contribution in [0.2, 0.25) is 5.02 Å². The van der Waals surface area contributed by atoms with E-state index in [9.17, 15) is 14.7 Å². The number of aliphatic carboxylic acids is 1. The van der Waals surface area contributed by atoms with Crippen LogP contribution in [0.4, 0.5) is 0 Å². The number of amides is 1. The summed E-state index contributed by atoms with van der Waals surface area (Å²) in [6.45, 7) is 4.05. The number of carbonyl (C=O) groups is 2. The smallest absolute Gasteiger partial charge is 0.326 e. The van der Waals surface area contributed by atoms with Crippen molar-refractivity contribution in [3.05, 3.63) is 35.1 Å². The largest absolute Gasteiger partial charge is 0.484 e. The van der Waals surface area contributed by atoms with Crippen LogP contribution in [0.15, 0.2) is 29.4 Å². The maximum absolute atomic E-state index is 12.3. The first kappa shape index (κ1) is 22.4. The summed E-state index contributed by atoms with van der Waals surface area (Å²) in [5.41, 5.74) is 0. The number of hydrogen-bond donors (Lipinski definition) is 2. The van der Waals surface area contributed by atoms with E-state index >= 15 is 0 Å². The number of para-hydroxylation sites is 1. The van der Waals surface area contributed by atoms with Gasteiger partial charge in [0.05, 0.1) is 10.8 Å². The molecular formula is C20H25ClN4O4S. The lowest BCUT2D eigenvalue weighted by atomic mass is 10.0. The molecule has 0 radical (unpaired) electrons. The summed E-state index contributed by atoms with van der Waals surface area (Å²) < 4.78 is 7.78. The minimum Gasteiger partial charge on any atom is -0.484 e. The van der Waals surface area contributed by atoms with Gasteiger partial charge in [0.2, 0.25) is 5.91 Å². The summed E-state index contributed by atoms with van der Waals surface area (Å²) in [6, 6.07) is 6.62. The maximum Gasteiger partial charge on any atom is 0.326 e. The lowest BCUT2D eigenvalue weighted by Gasteiger charge is -2.16. The van der Waals surface area contributed by atoms with Gasteiger partial charge in [-0.05, 0) is 37.3 Å². The van der Waals surface area contributed by atoms with Crippen LogP contribution < -0.4 is 10.1 Å². The third kappa shape index (κ3) is 6.12. The van der Waals surface area contributed by atoms with Crippen molar-refractivity contribution in [3.8, 4) is 5.75 Å². The Balaban J connectivity index is 1.60. The first-order valence-corrected chi connectivity index (χ1v) is 11.2. The minimum atomic E-state index is -1.03. The molecule has 1 saturated carbocycles. The van der Waals surface area contributed by atoms with E-state index in [1.165, 1.54) is 11.8 Å². The number of hydrogen-bond acceptors (Lipinski definition) is 6. The highest BCUT2D eigenvalue weighted by molar-refractivity contribution is 7.99. The zero-order chi connectivity index (χ0) is 21.7. The van der Waals surface area contributed by atoms with Crippen LogP contribution in [-0.4, -0.2) is 43.5 Å². The Morgan fingerprint density at radius 1 is 1.33 bits per heavy atom. The van der Waals surface area contributed by atoms with Gasteiger partial charge >= 0.3 is 5.97 Å². The van der Waals surface area contributed by atoms with E-state index < -0.39 is 12.0 Å². The molecule has 0 unspecified atom stereocenters. The van der Waals surface area contributed by atoms with Crippen LogP contribution in [0.5, 0.6) is 5.75 Å². The molecule has 10 heteroatoms. The van der Waals surface area contributed by atoms with Gasteiger partial charge < -0.3 is 15.2 Å². The van der Waals surface area contributed by atoms with Crippen molar-refractivity contribution in [2.45, 2.75) is 57.0 Å². The van der Waals surface area contributed by atoms with E-state index in [4.69, 9.17) is 16.3 Å². The van der Waals surface area contributed by atoms with Gasteiger partial charge in [0.1, 0.15) is 18.4 Å². The van der Waals surface area contributed by atoms with Gasteiger partial charge in [-0.25, -0.2) is 4.79 Å². The van der Waals surface area contributed by atoms with Gasteiger partial charge in [-0.2, -0.15) is 0 Å². The lowest BCUT2D eigenvalue weighted by Crippen LogP contribution is -2.42. The standard InChI is InChI=1S/C20H25ClN4O4S/c1-12(2)9-15(19(27)28)22-18(26)11-30-20-24-23-17(25(20)13-7-8-13)10-29-16-6-4-3-5-14(16)21/h3-6,12-13,15H,7-11H2,1-2H3,(H,22,26)(H,27,28)/t15-/m1/s1. The van der Waals surface area contributed by atoms with Crippen molar-refractivity contribution in [2.75, 3.05) is 5.75 Å². The fourth-order valence-electron chi connectivity index (χ4n) is 2.97. The predicted octanol–water partition coefficient (Wildman–Crippen LogP) is 3.55. The fourth-order valence-corrected chi connectivity index (χ4v) is 3.99.